The zero-order chi connectivity index (χ0) is 21.5. The van der Waals surface area contributed by atoms with Gasteiger partial charge in [-0.2, -0.15) is 0 Å². The first kappa shape index (κ1) is 19.9. The number of aryl methyl sites for hydroxylation is 1. The second-order valence-corrected chi connectivity index (χ2v) is 9.14. The summed E-state index contributed by atoms with van der Waals surface area (Å²) < 4.78 is 27.1. The van der Waals surface area contributed by atoms with E-state index in [1.54, 1.807) is 36.4 Å². The summed E-state index contributed by atoms with van der Waals surface area (Å²) in [6.07, 6.45) is 0. The van der Waals surface area contributed by atoms with E-state index in [0.29, 0.717) is 16.8 Å². The summed E-state index contributed by atoms with van der Waals surface area (Å²) in [4.78, 5) is 26.4. The van der Waals surface area contributed by atoms with E-state index < -0.39 is 15.9 Å². The lowest BCUT2D eigenvalue weighted by atomic mass is 10.1. The second kappa shape index (κ2) is 7.46. The van der Waals surface area contributed by atoms with Gasteiger partial charge in [0.1, 0.15) is 6.54 Å². The number of hydrogen-bond acceptors (Lipinski definition) is 4. The Morgan fingerprint density at radius 3 is 2.37 bits per heavy atom. The zero-order valence-electron chi connectivity index (χ0n) is 16.6. The number of anilines is 2. The number of hydrogen-bond donors (Lipinski definition) is 1. The molecule has 0 aliphatic carbocycles. The molecule has 0 fully saturated rings. The minimum atomic E-state index is -3.82. The number of likely N-dealkylation sites (N-methyl/N-ethyl adjacent to an activating group) is 1. The topological polar surface area (TPSA) is 86.8 Å². The van der Waals surface area contributed by atoms with Crippen molar-refractivity contribution in [2.45, 2.75) is 11.8 Å². The molecule has 0 aromatic heterocycles. The molecule has 8 heteroatoms. The molecule has 1 aliphatic rings. The van der Waals surface area contributed by atoms with Crippen molar-refractivity contribution in [2.75, 3.05) is 29.8 Å². The van der Waals surface area contributed by atoms with Gasteiger partial charge in [0.15, 0.2) is 0 Å². The molecule has 4 rings (SSSR count). The highest BCUT2D eigenvalue weighted by Gasteiger charge is 2.37. The molecule has 30 heavy (non-hydrogen) atoms. The highest BCUT2D eigenvalue weighted by atomic mass is 32.2. The molecular weight excluding hydrogens is 402 g/mol. The Kier molecular flexibility index (Phi) is 4.95. The van der Waals surface area contributed by atoms with Crippen LogP contribution in [0.25, 0.3) is 10.8 Å². The molecule has 0 saturated heterocycles. The lowest BCUT2D eigenvalue weighted by Crippen LogP contribution is -2.42. The van der Waals surface area contributed by atoms with Gasteiger partial charge in [-0.3, -0.25) is 13.9 Å². The number of nitrogens with one attached hydrogen (secondary N) is 1. The van der Waals surface area contributed by atoms with E-state index >= 15 is 0 Å². The monoisotopic (exact) mass is 423 g/mol. The van der Waals surface area contributed by atoms with Crippen molar-refractivity contribution >= 4 is 44.0 Å². The predicted octanol–water partition coefficient (Wildman–Crippen LogP) is 2.75. The standard InChI is InChI=1S/C22H21N3O4S/c1-15-9-11-17(12-10-15)23-20(26)13-24(2)21(27)14-25-18-7-3-5-16-6-4-8-19(22(16)18)30(25,28)29/h3-12H,13-14H2,1-2H3,(H,23,26). The summed E-state index contributed by atoms with van der Waals surface area (Å²) in [7, 11) is -2.34. The first-order valence-corrected chi connectivity index (χ1v) is 10.9. The molecule has 3 aromatic rings. The number of carbonyl (C=O) groups is 2. The van der Waals surface area contributed by atoms with Crippen molar-refractivity contribution in [1.29, 1.82) is 0 Å². The Hall–Kier alpha value is -3.39. The third-order valence-electron chi connectivity index (χ3n) is 5.10. The minimum Gasteiger partial charge on any atom is -0.335 e. The maximum atomic E-state index is 13.0. The summed E-state index contributed by atoms with van der Waals surface area (Å²) in [6.45, 7) is 1.39. The van der Waals surface area contributed by atoms with Crippen molar-refractivity contribution in [3.63, 3.8) is 0 Å². The smallest absolute Gasteiger partial charge is 0.265 e. The fourth-order valence-corrected chi connectivity index (χ4v) is 5.17. The summed E-state index contributed by atoms with van der Waals surface area (Å²) in [5, 5.41) is 4.15. The van der Waals surface area contributed by atoms with E-state index in [1.165, 1.54) is 11.9 Å². The Morgan fingerprint density at radius 2 is 1.67 bits per heavy atom. The predicted molar refractivity (Wildman–Crippen MR) is 116 cm³/mol. The molecule has 0 saturated carbocycles. The fraction of sp³-hybridized carbons (Fsp3) is 0.182. The molecule has 7 nitrogen and oxygen atoms in total. The van der Waals surface area contributed by atoms with Crippen LogP contribution in [0.2, 0.25) is 0 Å². The van der Waals surface area contributed by atoms with Crippen LogP contribution >= 0.6 is 0 Å². The average Bonchev–Trinajstić information content (AvgIpc) is 2.93. The van der Waals surface area contributed by atoms with Gasteiger partial charge in [-0.15, -0.1) is 0 Å². The van der Waals surface area contributed by atoms with Crippen molar-refractivity contribution in [1.82, 2.24) is 4.90 Å². The highest BCUT2D eigenvalue weighted by Crippen LogP contribution is 2.41. The minimum absolute atomic E-state index is 0.183. The Morgan fingerprint density at radius 1 is 1.00 bits per heavy atom. The van der Waals surface area contributed by atoms with Gasteiger partial charge in [0.2, 0.25) is 11.8 Å². The molecule has 1 heterocycles. The van der Waals surface area contributed by atoms with Crippen LogP contribution in [-0.2, 0) is 19.6 Å². The van der Waals surface area contributed by atoms with Crippen molar-refractivity contribution in [2.24, 2.45) is 0 Å². The zero-order valence-corrected chi connectivity index (χ0v) is 17.4. The van der Waals surface area contributed by atoms with Crippen LogP contribution in [-0.4, -0.2) is 45.3 Å². The summed E-state index contributed by atoms with van der Waals surface area (Å²) in [5.41, 5.74) is 2.19. The van der Waals surface area contributed by atoms with Crippen molar-refractivity contribution in [3.8, 4) is 0 Å². The SMILES string of the molecule is Cc1ccc(NC(=O)CN(C)C(=O)CN2c3cccc4cccc(c34)S2(=O)=O)cc1. The van der Waals surface area contributed by atoms with Gasteiger partial charge >= 0.3 is 0 Å². The van der Waals surface area contributed by atoms with Crippen LogP contribution < -0.4 is 9.62 Å². The summed E-state index contributed by atoms with van der Waals surface area (Å²) in [5.74, 6) is -0.827. The number of amides is 2. The molecule has 1 N–H and O–H groups in total. The van der Waals surface area contributed by atoms with Crippen LogP contribution in [0.4, 0.5) is 11.4 Å². The van der Waals surface area contributed by atoms with Gasteiger partial charge in [0.25, 0.3) is 10.0 Å². The maximum absolute atomic E-state index is 13.0. The molecule has 0 spiro atoms. The molecule has 154 valence electrons. The first-order valence-electron chi connectivity index (χ1n) is 9.42. The van der Waals surface area contributed by atoms with E-state index in [-0.39, 0.29) is 23.9 Å². The van der Waals surface area contributed by atoms with Gasteiger partial charge in [0.05, 0.1) is 17.1 Å². The van der Waals surface area contributed by atoms with Gasteiger partial charge in [-0.1, -0.05) is 42.0 Å². The van der Waals surface area contributed by atoms with Gasteiger partial charge < -0.3 is 10.2 Å². The van der Waals surface area contributed by atoms with Crippen molar-refractivity contribution < 1.29 is 18.0 Å². The van der Waals surface area contributed by atoms with E-state index in [9.17, 15) is 18.0 Å². The second-order valence-electron chi connectivity index (χ2n) is 7.31. The number of nitrogens with zero attached hydrogens (tertiary/aromatic N) is 2. The molecule has 0 radical (unpaired) electrons. The van der Waals surface area contributed by atoms with E-state index in [4.69, 9.17) is 0 Å². The average molecular weight is 423 g/mol. The lowest BCUT2D eigenvalue weighted by Gasteiger charge is -2.22. The van der Waals surface area contributed by atoms with Crippen LogP contribution in [0.1, 0.15) is 5.56 Å². The molecule has 2 amide bonds. The van der Waals surface area contributed by atoms with Gasteiger partial charge in [0, 0.05) is 18.1 Å². The summed E-state index contributed by atoms with van der Waals surface area (Å²) in [6, 6.07) is 17.7. The third kappa shape index (κ3) is 3.50. The Labute approximate surface area is 175 Å². The van der Waals surface area contributed by atoms with E-state index in [0.717, 1.165) is 15.3 Å². The molecule has 3 aromatic carbocycles. The van der Waals surface area contributed by atoms with Crippen LogP contribution in [0.5, 0.6) is 0 Å². The van der Waals surface area contributed by atoms with Gasteiger partial charge in [-0.25, -0.2) is 8.42 Å². The maximum Gasteiger partial charge on any atom is 0.265 e. The molecule has 1 aliphatic heterocycles. The number of benzene rings is 3. The van der Waals surface area contributed by atoms with E-state index in [1.807, 2.05) is 31.2 Å². The third-order valence-corrected chi connectivity index (χ3v) is 6.90. The van der Waals surface area contributed by atoms with Crippen LogP contribution in [0.3, 0.4) is 0 Å². The Bertz CT molecular complexity index is 1250. The fourth-order valence-electron chi connectivity index (χ4n) is 3.51. The van der Waals surface area contributed by atoms with Crippen LogP contribution in [0.15, 0.2) is 65.6 Å². The van der Waals surface area contributed by atoms with Crippen LogP contribution in [0, 0.1) is 6.92 Å². The molecule has 0 atom stereocenters. The largest absolute Gasteiger partial charge is 0.335 e. The lowest BCUT2D eigenvalue weighted by molar-refractivity contribution is -0.131. The first-order chi connectivity index (χ1) is 14.3. The molecular formula is C22H21N3O4S. The number of rotatable bonds is 5. The number of sulfonamides is 1. The summed E-state index contributed by atoms with van der Waals surface area (Å²) >= 11 is 0. The highest BCUT2D eigenvalue weighted by molar-refractivity contribution is 7.93. The molecule has 0 bridgehead atoms. The van der Waals surface area contributed by atoms with Gasteiger partial charge in [-0.05, 0) is 36.6 Å². The molecule has 0 unspecified atom stereocenters. The van der Waals surface area contributed by atoms with Crippen molar-refractivity contribution in [3.05, 3.63) is 66.2 Å². The number of carbonyl (C=O) groups excluding carboxylic acids is 2. The quantitative estimate of drug-likeness (QED) is 0.684. The van der Waals surface area contributed by atoms with E-state index in [2.05, 4.69) is 5.32 Å². The Balaban J connectivity index is 1.48. The normalized spacial score (nSPS) is 14.0.